The van der Waals surface area contributed by atoms with Crippen molar-refractivity contribution in [1.82, 2.24) is 4.57 Å². The van der Waals surface area contributed by atoms with E-state index in [0.29, 0.717) is 31.6 Å². The summed E-state index contributed by atoms with van der Waals surface area (Å²) in [6.07, 6.45) is 3.02. The van der Waals surface area contributed by atoms with Gasteiger partial charge in [-0.05, 0) is 66.7 Å². The molecule has 1 aliphatic rings. The van der Waals surface area contributed by atoms with Gasteiger partial charge in [-0.3, -0.25) is 9.36 Å². The molecule has 0 saturated carbocycles. The lowest BCUT2D eigenvalue weighted by atomic mass is 10.1. The Kier molecular flexibility index (Phi) is 5.27. The number of hydrogen-bond acceptors (Lipinski definition) is 4. The van der Waals surface area contributed by atoms with Crippen molar-refractivity contribution in [3.63, 3.8) is 0 Å². The number of para-hydroxylation sites is 1. The predicted molar refractivity (Wildman–Crippen MR) is 122 cm³/mol. The predicted octanol–water partition coefficient (Wildman–Crippen LogP) is 3.78. The zero-order valence-corrected chi connectivity index (χ0v) is 17.8. The summed E-state index contributed by atoms with van der Waals surface area (Å²) in [5, 5.41) is 11.9. The first-order chi connectivity index (χ1) is 16.0. The van der Waals surface area contributed by atoms with Gasteiger partial charge >= 0.3 is 0 Å². The van der Waals surface area contributed by atoms with E-state index in [1.807, 2.05) is 30.3 Å². The summed E-state index contributed by atoms with van der Waals surface area (Å²) in [7, 11) is 0. The van der Waals surface area contributed by atoms with Crippen LogP contribution in [0.4, 0.5) is 14.5 Å². The van der Waals surface area contributed by atoms with Gasteiger partial charge in [-0.1, -0.05) is 29.5 Å². The summed E-state index contributed by atoms with van der Waals surface area (Å²) in [6, 6.07) is 18.8. The first-order valence-corrected chi connectivity index (χ1v) is 10.7. The van der Waals surface area contributed by atoms with Crippen LogP contribution in [0.1, 0.15) is 4.88 Å². The number of aromatic nitrogens is 1. The fourth-order valence-corrected chi connectivity index (χ4v) is 4.38. The highest BCUT2D eigenvalue weighted by molar-refractivity contribution is 7.10. The molecular weight excluding hydrogens is 444 g/mol. The van der Waals surface area contributed by atoms with E-state index in [-0.39, 0.29) is 11.5 Å². The van der Waals surface area contributed by atoms with Gasteiger partial charge in [0.1, 0.15) is 11.6 Å². The number of nitrogens with zero attached hydrogens (tertiary/aromatic N) is 3. The SMILES string of the molecule is O=C1N=c2ccc(F)cc2=C/C1=C/c1sc(=Nc2ccccc2)n(-c2ccc(F)cc2)c1O. The summed E-state index contributed by atoms with van der Waals surface area (Å²) < 4.78 is 28.6. The molecule has 8 heteroatoms. The second-order valence-electron chi connectivity index (χ2n) is 7.20. The van der Waals surface area contributed by atoms with E-state index in [1.165, 1.54) is 59.2 Å². The van der Waals surface area contributed by atoms with Crippen LogP contribution in [0.15, 0.2) is 88.4 Å². The minimum Gasteiger partial charge on any atom is -0.493 e. The van der Waals surface area contributed by atoms with E-state index in [4.69, 9.17) is 0 Å². The largest absolute Gasteiger partial charge is 0.493 e. The number of hydrogen-bond donors (Lipinski definition) is 1. The van der Waals surface area contributed by atoms with Gasteiger partial charge in [0.2, 0.25) is 5.88 Å². The van der Waals surface area contributed by atoms with Gasteiger partial charge in [-0.2, -0.15) is 0 Å². The summed E-state index contributed by atoms with van der Waals surface area (Å²) in [5.41, 5.74) is 1.36. The first kappa shape index (κ1) is 20.7. The van der Waals surface area contributed by atoms with Gasteiger partial charge in [0.05, 0.1) is 21.6 Å². The number of fused-ring (bicyclic) bond motifs is 1. The van der Waals surface area contributed by atoms with Crippen LogP contribution in [0.5, 0.6) is 5.88 Å². The number of halogens is 2. The molecule has 0 saturated heterocycles. The van der Waals surface area contributed by atoms with Gasteiger partial charge in [0.15, 0.2) is 4.80 Å². The van der Waals surface area contributed by atoms with Gasteiger partial charge in [-0.15, -0.1) is 0 Å². The molecule has 0 radical (unpaired) electrons. The molecule has 1 N–H and O–H groups in total. The number of thiazole rings is 1. The van der Waals surface area contributed by atoms with Crippen LogP contribution >= 0.6 is 11.3 Å². The van der Waals surface area contributed by atoms with E-state index in [2.05, 4.69) is 9.98 Å². The second kappa shape index (κ2) is 8.40. The van der Waals surface area contributed by atoms with Crippen LogP contribution in [0.2, 0.25) is 0 Å². The Morgan fingerprint density at radius 2 is 1.70 bits per heavy atom. The van der Waals surface area contributed by atoms with Crippen molar-refractivity contribution in [3.8, 4) is 11.6 Å². The average Bonchev–Trinajstić information content (AvgIpc) is 3.10. The molecule has 0 fully saturated rings. The molecular formula is C25H15F2N3O2S. The molecule has 0 atom stereocenters. The molecule has 0 spiro atoms. The molecule has 2 heterocycles. The molecule has 0 aliphatic carbocycles. The normalized spacial score (nSPS) is 14.7. The molecule has 1 amide bonds. The lowest BCUT2D eigenvalue weighted by Gasteiger charge is -2.06. The molecule has 1 aromatic heterocycles. The van der Waals surface area contributed by atoms with Crippen molar-refractivity contribution in [3.05, 3.63) is 110 Å². The molecule has 162 valence electrons. The Morgan fingerprint density at radius 3 is 2.45 bits per heavy atom. The van der Waals surface area contributed by atoms with Crippen molar-refractivity contribution in [1.29, 1.82) is 0 Å². The van der Waals surface area contributed by atoms with Crippen LogP contribution in [0.25, 0.3) is 17.8 Å². The standard InChI is InChI=1S/C25H15F2N3O2S/c26-17-6-9-20(10-7-17)30-24(32)22(33-25(30)28-19-4-2-1-3-5-19)14-16-12-15-13-18(27)8-11-21(15)29-23(16)31/h1-14,32H/b16-14-,28-25?. The smallest absolute Gasteiger partial charge is 0.277 e. The molecule has 1 aliphatic heterocycles. The van der Waals surface area contributed by atoms with Crippen molar-refractivity contribution < 1.29 is 18.7 Å². The van der Waals surface area contributed by atoms with E-state index in [0.717, 1.165) is 11.3 Å². The van der Waals surface area contributed by atoms with Crippen molar-refractivity contribution in [2.75, 3.05) is 0 Å². The maximum Gasteiger partial charge on any atom is 0.277 e. The third kappa shape index (κ3) is 4.16. The van der Waals surface area contributed by atoms with Crippen LogP contribution in [-0.4, -0.2) is 15.6 Å². The summed E-state index contributed by atoms with van der Waals surface area (Å²) in [4.78, 5) is 21.9. The van der Waals surface area contributed by atoms with Gasteiger partial charge in [0.25, 0.3) is 5.91 Å². The quantitative estimate of drug-likeness (QED) is 0.474. The number of rotatable bonds is 3. The third-order valence-electron chi connectivity index (χ3n) is 4.95. The lowest BCUT2D eigenvalue weighted by Crippen LogP contribution is -2.30. The topological polar surface area (TPSA) is 67.0 Å². The second-order valence-corrected chi connectivity index (χ2v) is 8.20. The van der Waals surface area contributed by atoms with E-state index < -0.39 is 17.5 Å². The Labute approximate surface area is 190 Å². The molecule has 4 aromatic rings. The lowest BCUT2D eigenvalue weighted by molar-refractivity contribution is -0.114. The molecule has 0 unspecified atom stereocenters. The fraction of sp³-hybridized carbons (Fsp3) is 0. The number of benzene rings is 3. The molecule has 3 aromatic carbocycles. The monoisotopic (exact) mass is 459 g/mol. The average molecular weight is 459 g/mol. The summed E-state index contributed by atoms with van der Waals surface area (Å²) in [6.45, 7) is 0. The van der Waals surface area contributed by atoms with Gasteiger partial charge in [-0.25, -0.2) is 18.8 Å². The van der Waals surface area contributed by atoms with Gasteiger partial charge < -0.3 is 5.11 Å². The highest BCUT2D eigenvalue weighted by Gasteiger charge is 2.17. The summed E-state index contributed by atoms with van der Waals surface area (Å²) >= 11 is 1.15. The Morgan fingerprint density at radius 1 is 0.970 bits per heavy atom. The highest BCUT2D eigenvalue weighted by Crippen LogP contribution is 2.28. The number of aromatic hydroxyl groups is 1. The van der Waals surface area contributed by atoms with Crippen LogP contribution in [-0.2, 0) is 4.79 Å². The molecule has 5 rings (SSSR count). The molecule has 5 nitrogen and oxygen atoms in total. The van der Waals surface area contributed by atoms with Crippen LogP contribution in [0, 0.1) is 11.6 Å². The zero-order valence-electron chi connectivity index (χ0n) is 16.9. The maximum absolute atomic E-state index is 13.6. The summed E-state index contributed by atoms with van der Waals surface area (Å²) in [5.74, 6) is -1.52. The molecule has 33 heavy (non-hydrogen) atoms. The highest BCUT2D eigenvalue weighted by atomic mass is 32.1. The Hall–Kier alpha value is -4.17. The van der Waals surface area contributed by atoms with E-state index in [1.54, 1.807) is 0 Å². The van der Waals surface area contributed by atoms with Crippen molar-refractivity contribution in [2.24, 2.45) is 9.98 Å². The zero-order chi connectivity index (χ0) is 22.9. The number of carbonyl (C=O) groups excluding carboxylic acids is 1. The van der Waals surface area contributed by atoms with Gasteiger partial charge in [0, 0.05) is 10.8 Å². The van der Waals surface area contributed by atoms with Crippen LogP contribution < -0.4 is 15.4 Å². The third-order valence-corrected chi connectivity index (χ3v) is 5.92. The van der Waals surface area contributed by atoms with Crippen molar-refractivity contribution >= 4 is 35.1 Å². The first-order valence-electron chi connectivity index (χ1n) is 9.90. The fourth-order valence-electron chi connectivity index (χ4n) is 3.38. The van der Waals surface area contributed by atoms with Crippen molar-refractivity contribution in [2.45, 2.75) is 0 Å². The maximum atomic E-state index is 13.6. The Balaban J connectivity index is 1.71. The minimum absolute atomic E-state index is 0.167. The number of carbonyl (C=O) groups is 1. The van der Waals surface area contributed by atoms with E-state index >= 15 is 0 Å². The Bertz CT molecular complexity index is 1600. The number of amides is 1. The van der Waals surface area contributed by atoms with E-state index in [9.17, 15) is 18.7 Å². The van der Waals surface area contributed by atoms with Crippen LogP contribution in [0.3, 0.4) is 0 Å². The minimum atomic E-state index is -0.503. The molecule has 0 bridgehead atoms.